The zero-order valence-corrected chi connectivity index (χ0v) is 9.54. The minimum absolute atomic E-state index is 0.0697. The molecule has 1 rings (SSSR count). The summed E-state index contributed by atoms with van der Waals surface area (Å²) >= 11 is 0. The Morgan fingerprint density at radius 1 is 1.75 bits per heavy atom. The average molecular weight is 226 g/mol. The van der Waals surface area contributed by atoms with Crippen molar-refractivity contribution in [2.45, 2.75) is 38.3 Å². The molecule has 1 saturated heterocycles. The highest BCUT2D eigenvalue weighted by atomic mass is 16.3. The minimum Gasteiger partial charge on any atom is -0.395 e. The summed E-state index contributed by atoms with van der Waals surface area (Å²) in [4.78, 5) is 16.3. The quantitative estimate of drug-likeness (QED) is 0.418. The molecule has 2 atom stereocenters. The van der Waals surface area contributed by atoms with Crippen molar-refractivity contribution < 1.29 is 9.90 Å². The fourth-order valence-corrected chi connectivity index (χ4v) is 2.06. The van der Waals surface area contributed by atoms with Crippen molar-refractivity contribution >= 4 is 5.78 Å². The third-order valence-corrected chi connectivity index (χ3v) is 2.86. The van der Waals surface area contributed by atoms with Crippen LogP contribution in [0.15, 0.2) is 5.11 Å². The summed E-state index contributed by atoms with van der Waals surface area (Å²) in [6.07, 6.45) is 2.26. The van der Waals surface area contributed by atoms with Crippen LogP contribution < -0.4 is 0 Å². The number of hydrogen-bond donors (Lipinski definition) is 1. The van der Waals surface area contributed by atoms with Crippen molar-refractivity contribution in [2.24, 2.45) is 5.11 Å². The van der Waals surface area contributed by atoms with Gasteiger partial charge in [-0.05, 0) is 24.9 Å². The number of aliphatic hydroxyl groups is 1. The van der Waals surface area contributed by atoms with Gasteiger partial charge in [0.15, 0.2) is 0 Å². The van der Waals surface area contributed by atoms with Gasteiger partial charge in [-0.1, -0.05) is 12.0 Å². The lowest BCUT2D eigenvalue weighted by molar-refractivity contribution is -0.120. The molecule has 0 aromatic carbocycles. The maximum atomic E-state index is 11.6. The van der Waals surface area contributed by atoms with Crippen LogP contribution in [0.1, 0.15) is 26.2 Å². The van der Waals surface area contributed by atoms with E-state index < -0.39 is 0 Å². The molecule has 1 aliphatic rings. The first kappa shape index (κ1) is 13.0. The molecular formula is C10H18N4O2. The van der Waals surface area contributed by atoms with E-state index in [9.17, 15) is 4.79 Å². The van der Waals surface area contributed by atoms with Crippen LogP contribution in [0, 0.1) is 0 Å². The van der Waals surface area contributed by atoms with Crippen molar-refractivity contribution in [1.29, 1.82) is 0 Å². The van der Waals surface area contributed by atoms with Crippen LogP contribution in [0.3, 0.4) is 0 Å². The highest BCUT2D eigenvalue weighted by Crippen LogP contribution is 2.16. The lowest BCUT2D eigenvalue weighted by Crippen LogP contribution is -2.37. The monoisotopic (exact) mass is 226 g/mol. The second-order valence-corrected chi connectivity index (χ2v) is 4.25. The molecule has 6 heteroatoms. The van der Waals surface area contributed by atoms with Gasteiger partial charge in [0, 0.05) is 23.4 Å². The second-order valence-electron chi connectivity index (χ2n) is 4.25. The normalized spacial score (nSPS) is 22.8. The van der Waals surface area contributed by atoms with Gasteiger partial charge in [-0.15, -0.1) is 0 Å². The van der Waals surface area contributed by atoms with E-state index in [4.69, 9.17) is 10.6 Å². The lowest BCUT2D eigenvalue weighted by Gasteiger charge is -2.21. The standard InChI is InChI=1S/C10H18N4O2/c1-8(12-13-11)5-10(16)6-14-4-2-3-9(14)7-15/h8-9,15H,2-7H2,1H3. The first-order valence-electron chi connectivity index (χ1n) is 5.58. The largest absolute Gasteiger partial charge is 0.395 e. The molecule has 90 valence electrons. The topological polar surface area (TPSA) is 89.3 Å². The van der Waals surface area contributed by atoms with E-state index in [-0.39, 0.29) is 30.9 Å². The van der Waals surface area contributed by atoms with Crippen LogP contribution in [0.5, 0.6) is 0 Å². The molecule has 1 fully saturated rings. The Morgan fingerprint density at radius 3 is 3.12 bits per heavy atom. The van der Waals surface area contributed by atoms with E-state index in [0.29, 0.717) is 6.54 Å². The number of carbonyl (C=O) groups is 1. The summed E-state index contributed by atoms with van der Waals surface area (Å²) in [7, 11) is 0. The molecule has 0 spiro atoms. The molecule has 6 nitrogen and oxygen atoms in total. The van der Waals surface area contributed by atoms with Crippen molar-refractivity contribution in [3.63, 3.8) is 0 Å². The Labute approximate surface area is 94.9 Å². The van der Waals surface area contributed by atoms with Gasteiger partial charge in [-0.3, -0.25) is 9.69 Å². The maximum absolute atomic E-state index is 11.6. The highest BCUT2D eigenvalue weighted by molar-refractivity contribution is 5.81. The number of nitrogens with zero attached hydrogens (tertiary/aromatic N) is 4. The molecule has 1 aliphatic heterocycles. The van der Waals surface area contributed by atoms with Crippen LogP contribution in [0.25, 0.3) is 10.4 Å². The Balaban J connectivity index is 2.36. The Bertz CT molecular complexity index is 289. The number of rotatable bonds is 6. The van der Waals surface area contributed by atoms with Gasteiger partial charge in [-0.2, -0.15) is 0 Å². The molecule has 0 aliphatic carbocycles. The molecule has 0 bridgehead atoms. The Kier molecular flexibility index (Phi) is 5.25. The van der Waals surface area contributed by atoms with Crippen LogP contribution in [0.4, 0.5) is 0 Å². The molecule has 16 heavy (non-hydrogen) atoms. The molecular weight excluding hydrogens is 208 g/mol. The molecule has 1 N–H and O–H groups in total. The first-order valence-corrected chi connectivity index (χ1v) is 5.58. The first-order chi connectivity index (χ1) is 7.67. The van der Waals surface area contributed by atoms with E-state index in [0.717, 1.165) is 19.4 Å². The zero-order valence-electron chi connectivity index (χ0n) is 9.54. The van der Waals surface area contributed by atoms with Crippen molar-refractivity contribution in [1.82, 2.24) is 4.90 Å². The fourth-order valence-electron chi connectivity index (χ4n) is 2.06. The Morgan fingerprint density at radius 2 is 2.50 bits per heavy atom. The summed E-state index contributed by atoms with van der Waals surface area (Å²) in [6, 6.07) is -0.161. The molecule has 2 unspecified atom stereocenters. The predicted molar refractivity (Wildman–Crippen MR) is 59.9 cm³/mol. The lowest BCUT2D eigenvalue weighted by atomic mass is 10.1. The van der Waals surface area contributed by atoms with Gasteiger partial charge in [0.05, 0.1) is 13.2 Å². The van der Waals surface area contributed by atoms with Crippen LogP contribution in [-0.4, -0.2) is 47.6 Å². The molecule has 0 aromatic heterocycles. The number of ketones is 1. The van der Waals surface area contributed by atoms with Crippen molar-refractivity contribution in [2.75, 3.05) is 19.7 Å². The number of aliphatic hydroxyl groups excluding tert-OH is 1. The minimum atomic E-state index is -0.285. The number of Topliss-reactive ketones (excluding diaryl/α,β-unsaturated/α-hetero) is 1. The molecule has 0 radical (unpaired) electrons. The summed E-state index contributed by atoms with van der Waals surface area (Å²) in [5.74, 6) is 0.0697. The molecule has 0 aromatic rings. The van der Waals surface area contributed by atoms with Gasteiger partial charge in [0.1, 0.15) is 5.78 Å². The molecule has 0 amide bonds. The SMILES string of the molecule is CC(CC(=O)CN1CCCC1CO)N=[N+]=[N-]. The van der Waals surface area contributed by atoms with Crippen molar-refractivity contribution in [3.05, 3.63) is 10.4 Å². The highest BCUT2D eigenvalue weighted by Gasteiger charge is 2.25. The van der Waals surface area contributed by atoms with E-state index in [2.05, 4.69) is 10.0 Å². The van der Waals surface area contributed by atoms with Gasteiger partial charge in [-0.25, -0.2) is 0 Å². The summed E-state index contributed by atoms with van der Waals surface area (Å²) in [6.45, 7) is 3.06. The Hall–Kier alpha value is -1.10. The van der Waals surface area contributed by atoms with Gasteiger partial charge < -0.3 is 5.11 Å². The number of carbonyl (C=O) groups excluding carboxylic acids is 1. The summed E-state index contributed by atoms with van der Waals surface area (Å²) in [5.41, 5.74) is 8.22. The second kappa shape index (κ2) is 6.48. The van der Waals surface area contributed by atoms with E-state index in [1.165, 1.54) is 0 Å². The number of hydrogen-bond acceptors (Lipinski definition) is 4. The number of azide groups is 1. The van der Waals surface area contributed by atoms with E-state index >= 15 is 0 Å². The maximum Gasteiger partial charge on any atom is 0.147 e. The van der Waals surface area contributed by atoms with Gasteiger partial charge in [0.25, 0.3) is 0 Å². The number of likely N-dealkylation sites (tertiary alicyclic amines) is 1. The average Bonchev–Trinajstić information content (AvgIpc) is 2.65. The summed E-state index contributed by atoms with van der Waals surface area (Å²) < 4.78 is 0. The van der Waals surface area contributed by atoms with Crippen LogP contribution >= 0.6 is 0 Å². The smallest absolute Gasteiger partial charge is 0.147 e. The molecule has 0 saturated carbocycles. The van der Waals surface area contributed by atoms with Gasteiger partial charge >= 0.3 is 0 Å². The van der Waals surface area contributed by atoms with E-state index in [1.807, 2.05) is 4.90 Å². The fraction of sp³-hybridized carbons (Fsp3) is 0.900. The predicted octanol–water partition coefficient (Wildman–Crippen LogP) is 1.10. The van der Waals surface area contributed by atoms with Crippen molar-refractivity contribution in [3.8, 4) is 0 Å². The van der Waals surface area contributed by atoms with Crippen LogP contribution in [-0.2, 0) is 4.79 Å². The van der Waals surface area contributed by atoms with E-state index in [1.54, 1.807) is 6.92 Å². The van der Waals surface area contributed by atoms with Gasteiger partial charge in [0.2, 0.25) is 0 Å². The summed E-state index contributed by atoms with van der Waals surface area (Å²) in [5, 5.41) is 12.6. The zero-order chi connectivity index (χ0) is 12.0. The molecule has 1 heterocycles. The third-order valence-electron chi connectivity index (χ3n) is 2.86. The third kappa shape index (κ3) is 3.81. The van der Waals surface area contributed by atoms with Crippen LogP contribution in [0.2, 0.25) is 0 Å².